The molecule has 0 aliphatic carbocycles. The minimum atomic E-state index is -0.691. The fourth-order valence-electron chi connectivity index (χ4n) is 2.39. The van der Waals surface area contributed by atoms with E-state index in [4.69, 9.17) is 4.74 Å². The first-order valence-electron chi connectivity index (χ1n) is 8.85. The summed E-state index contributed by atoms with van der Waals surface area (Å²) in [5.41, 5.74) is 2.16. The van der Waals surface area contributed by atoms with Gasteiger partial charge in [0.1, 0.15) is 0 Å². The maximum Gasteiger partial charge on any atom is 0.337 e. The van der Waals surface area contributed by atoms with Crippen LogP contribution in [0.1, 0.15) is 31.8 Å². The van der Waals surface area contributed by atoms with Crippen LogP contribution in [0.3, 0.4) is 0 Å². The Labute approximate surface area is 173 Å². The number of methoxy groups -OCH3 is 2. The van der Waals surface area contributed by atoms with E-state index in [-0.39, 0.29) is 16.8 Å². The molecule has 8 nitrogen and oxygen atoms in total. The van der Waals surface area contributed by atoms with Gasteiger partial charge in [-0.1, -0.05) is 29.8 Å². The number of carbonyl (C=O) groups is 4. The minimum Gasteiger partial charge on any atom is -0.465 e. The van der Waals surface area contributed by atoms with Crippen LogP contribution >= 0.6 is 0 Å². The lowest BCUT2D eigenvalue weighted by atomic mass is 10.1. The van der Waals surface area contributed by atoms with Crippen LogP contribution in [0, 0.1) is 6.92 Å². The molecule has 0 bridgehead atoms. The van der Waals surface area contributed by atoms with Crippen LogP contribution in [0.15, 0.2) is 48.5 Å². The highest BCUT2D eigenvalue weighted by molar-refractivity contribution is 6.00. The number of aryl methyl sites for hydroxylation is 1. The number of amides is 1. The molecule has 2 aromatic carbocycles. The maximum absolute atomic E-state index is 12.1. The zero-order valence-electron chi connectivity index (χ0n) is 16.8. The summed E-state index contributed by atoms with van der Waals surface area (Å²) in [5.74, 6) is -2.72. The van der Waals surface area contributed by atoms with E-state index < -0.39 is 30.4 Å². The quantitative estimate of drug-likeness (QED) is 0.424. The summed E-state index contributed by atoms with van der Waals surface area (Å²) in [6, 6.07) is 11.4. The molecule has 0 aliphatic heterocycles. The zero-order chi connectivity index (χ0) is 22.1. The molecule has 8 heteroatoms. The van der Waals surface area contributed by atoms with Gasteiger partial charge in [0.15, 0.2) is 6.61 Å². The average molecular weight is 411 g/mol. The average Bonchev–Trinajstić information content (AvgIpc) is 2.75. The molecule has 2 rings (SSSR count). The fraction of sp³-hybridized carbons (Fsp3) is 0.182. The van der Waals surface area contributed by atoms with Crippen LogP contribution in [0.2, 0.25) is 0 Å². The number of benzene rings is 2. The Morgan fingerprint density at radius 1 is 0.900 bits per heavy atom. The lowest BCUT2D eigenvalue weighted by molar-refractivity contribution is -0.142. The van der Waals surface area contributed by atoms with E-state index in [9.17, 15) is 19.2 Å². The standard InChI is InChI=1S/C22H21NO7/c1-14-4-6-15(7-5-14)8-9-20(25)30-13-19(24)23-18-11-16(21(26)28-2)10-17(12-18)22(27)29-3/h4-12H,13H2,1-3H3,(H,23,24)/b9-8+. The van der Waals surface area contributed by atoms with Crippen molar-refractivity contribution in [3.8, 4) is 0 Å². The van der Waals surface area contributed by atoms with Crippen LogP contribution < -0.4 is 5.32 Å². The lowest BCUT2D eigenvalue weighted by Gasteiger charge is -2.09. The third-order valence-electron chi connectivity index (χ3n) is 3.89. The summed E-state index contributed by atoms with van der Waals surface area (Å²) in [6.45, 7) is 1.41. The molecule has 156 valence electrons. The normalized spacial score (nSPS) is 10.4. The van der Waals surface area contributed by atoms with Crippen LogP contribution in [-0.2, 0) is 23.8 Å². The Bertz CT molecular complexity index is 943. The first kappa shape index (κ1) is 22.4. The molecule has 0 fully saturated rings. The van der Waals surface area contributed by atoms with Crippen LogP contribution in [0.25, 0.3) is 6.08 Å². The van der Waals surface area contributed by atoms with E-state index >= 15 is 0 Å². The molecule has 0 heterocycles. The van der Waals surface area contributed by atoms with E-state index in [2.05, 4.69) is 14.8 Å². The van der Waals surface area contributed by atoms with Crippen molar-refractivity contribution in [3.05, 3.63) is 70.8 Å². The zero-order valence-corrected chi connectivity index (χ0v) is 16.8. The number of hydrogen-bond acceptors (Lipinski definition) is 7. The molecule has 0 radical (unpaired) electrons. The Morgan fingerprint density at radius 2 is 1.47 bits per heavy atom. The third-order valence-corrected chi connectivity index (χ3v) is 3.89. The summed E-state index contributed by atoms with van der Waals surface area (Å²) in [7, 11) is 2.38. The number of carbonyl (C=O) groups excluding carboxylic acids is 4. The van der Waals surface area contributed by atoms with Gasteiger partial charge in [0, 0.05) is 11.8 Å². The van der Waals surface area contributed by atoms with Gasteiger partial charge in [-0.15, -0.1) is 0 Å². The van der Waals surface area contributed by atoms with Crippen molar-refractivity contribution in [3.63, 3.8) is 0 Å². The Balaban J connectivity index is 1.99. The topological polar surface area (TPSA) is 108 Å². The van der Waals surface area contributed by atoms with Crippen molar-refractivity contribution in [1.82, 2.24) is 0 Å². The summed E-state index contributed by atoms with van der Waals surface area (Å²) < 4.78 is 14.2. The fourth-order valence-corrected chi connectivity index (χ4v) is 2.39. The lowest BCUT2D eigenvalue weighted by Crippen LogP contribution is -2.20. The summed E-state index contributed by atoms with van der Waals surface area (Å²) >= 11 is 0. The van der Waals surface area contributed by atoms with Crippen LogP contribution in [0.5, 0.6) is 0 Å². The second-order valence-electron chi connectivity index (χ2n) is 6.18. The molecular formula is C22H21NO7. The molecule has 0 saturated carbocycles. The SMILES string of the molecule is COC(=O)c1cc(NC(=O)COC(=O)/C=C/c2ccc(C)cc2)cc(C(=O)OC)c1. The van der Waals surface area contributed by atoms with Gasteiger partial charge in [0.2, 0.25) is 0 Å². The highest BCUT2D eigenvalue weighted by Gasteiger charge is 2.15. The van der Waals surface area contributed by atoms with Crippen LogP contribution in [-0.4, -0.2) is 44.6 Å². The Morgan fingerprint density at radius 3 is 2.00 bits per heavy atom. The predicted octanol–water partition coefficient (Wildman–Crippen LogP) is 2.76. The number of nitrogens with one attached hydrogen (secondary N) is 1. The summed E-state index contributed by atoms with van der Waals surface area (Å²) in [6.07, 6.45) is 2.79. The van der Waals surface area contributed by atoms with Gasteiger partial charge in [-0.25, -0.2) is 14.4 Å². The van der Waals surface area contributed by atoms with Crippen molar-refractivity contribution in [2.75, 3.05) is 26.1 Å². The molecule has 2 aromatic rings. The molecule has 0 unspecified atom stereocenters. The van der Waals surface area contributed by atoms with Gasteiger partial charge < -0.3 is 19.5 Å². The van der Waals surface area contributed by atoms with Crippen molar-refractivity contribution in [2.24, 2.45) is 0 Å². The van der Waals surface area contributed by atoms with Gasteiger partial charge in [-0.3, -0.25) is 4.79 Å². The molecule has 0 saturated heterocycles. The molecular weight excluding hydrogens is 390 g/mol. The first-order chi connectivity index (χ1) is 14.3. The number of ether oxygens (including phenoxy) is 3. The third kappa shape index (κ3) is 6.59. The number of hydrogen-bond donors (Lipinski definition) is 1. The summed E-state index contributed by atoms with van der Waals surface area (Å²) in [5, 5.41) is 2.46. The van der Waals surface area contributed by atoms with Crippen molar-refractivity contribution in [2.45, 2.75) is 6.92 Å². The van der Waals surface area contributed by atoms with Gasteiger partial charge >= 0.3 is 17.9 Å². The van der Waals surface area contributed by atoms with Gasteiger partial charge in [-0.2, -0.15) is 0 Å². The van der Waals surface area contributed by atoms with Gasteiger partial charge in [-0.05, 0) is 36.8 Å². The molecule has 0 spiro atoms. The van der Waals surface area contributed by atoms with Crippen molar-refractivity contribution >= 4 is 35.6 Å². The molecule has 1 amide bonds. The molecule has 0 aromatic heterocycles. The first-order valence-corrected chi connectivity index (χ1v) is 8.85. The van der Waals surface area contributed by atoms with E-state index in [0.717, 1.165) is 11.1 Å². The van der Waals surface area contributed by atoms with Gasteiger partial charge in [0.25, 0.3) is 5.91 Å². The maximum atomic E-state index is 12.1. The van der Waals surface area contributed by atoms with E-state index in [0.29, 0.717) is 0 Å². The van der Waals surface area contributed by atoms with Crippen molar-refractivity contribution in [1.29, 1.82) is 0 Å². The van der Waals surface area contributed by atoms with Crippen molar-refractivity contribution < 1.29 is 33.4 Å². The Hall–Kier alpha value is -3.94. The minimum absolute atomic E-state index is 0.0497. The molecule has 1 N–H and O–H groups in total. The van der Waals surface area contributed by atoms with Crippen LogP contribution in [0.4, 0.5) is 5.69 Å². The second kappa shape index (κ2) is 10.6. The van der Waals surface area contributed by atoms with E-state index in [1.165, 1.54) is 38.5 Å². The summed E-state index contributed by atoms with van der Waals surface area (Å²) in [4.78, 5) is 47.4. The van der Waals surface area contributed by atoms with Gasteiger partial charge in [0.05, 0.1) is 25.3 Å². The Kier molecular flexibility index (Phi) is 7.87. The highest BCUT2D eigenvalue weighted by atomic mass is 16.5. The predicted molar refractivity (Wildman–Crippen MR) is 109 cm³/mol. The molecule has 30 heavy (non-hydrogen) atoms. The van der Waals surface area contributed by atoms with E-state index in [1.54, 1.807) is 6.08 Å². The number of anilines is 1. The van der Waals surface area contributed by atoms with E-state index in [1.807, 2.05) is 31.2 Å². The molecule has 0 aliphatic rings. The largest absolute Gasteiger partial charge is 0.465 e. The number of rotatable bonds is 7. The molecule has 0 atom stereocenters. The number of esters is 3. The second-order valence-corrected chi connectivity index (χ2v) is 6.18. The monoisotopic (exact) mass is 411 g/mol. The highest BCUT2D eigenvalue weighted by Crippen LogP contribution is 2.17. The smallest absolute Gasteiger partial charge is 0.337 e.